The van der Waals surface area contributed by atoms with Gasteiger partial charge in [-0.2, -0.15) is 5.26 Å². The van der Waals surface area contributed by atoms with Gasteiger partial charge in [0.2, 0.25) is 0 Å². The molecule has 0 saturated carbocycles. The molecule has 1 saturated heterocycles. The van der Waals surface area contributed by atoms with Crippen LogP contribution in [0.5, 0.6) is 0 Å². The van der Waals surface area contributed by atoms with E-state index in [0.717, 1.165) is 51.1 Å². The number of nitrogens with zero attached hydrogens (tertiary/aromatic N) is 2. The molecule has 0 aromatic heterocycles. The molecule has 19 heavy (non-hydrogen) atoms. The van der Waals surface area contributed by atoms with Crippen LogP contribution in [0.15, 0.2) is 24.3 Å². The first-order valence-electron chi connectivity index (χ1n) is 6.89. The van der Waals surface area contributed by atoms with E-state index in [1.165, 1.54) is 0 Å². The van der Waals surface area contributed by atoms with E-state index in [4.69, 9.17) is 16.9 Å². The van der Waals surface area contributed by atoms with Gasteiger partial charge in [-0.1, -0.05) is 12.1 Å². The summed E-state index contributed by atoms with van der Waals surface area (Å²) in [5.41, 5.74) is 1.65. The molecule has 3 nitrogen and oxygen atoms in total. The molecular formula is C15H20ClN3. The molecule has 0 atom stereocenters. The van der Waals surface area contributed by atoms with Crippen molar-refractivity contribution in [2.24, 2.45) is 0 Å². The van der Waals surface area contributed by atoms with Gasteiger partial charge in [0, 0.05) is 11.9 Å². The molecule has 0 aliphatic carbocycles. The van der Waals surface area contributed by atoms with Gasteiger partial charge in [-0.15, -0.1) is 11.6 Å². The van der Waals surface area contributed by atoms with E-state index in [2.05, 4.69) is 16.3 Å². The number of piperidine rings is 1. The van der Waals surface area contributed by atoms with Crippen molar-refractivity contribution in [2.45, 2.75) is 24.6 Å². The summed E-state index contributed by atoms with van der Waals surface area (Å²) in [5, 5.41) is 12.7. The summed E-state index contributed by atoms with van der Waals surface area (Å²) in [4.78, 5) is 2.47. The van der Waals surface area contributed by atoms with Crippen LogP contribution in [-0.2, 0) is 0 Å². The minimum atomic E-state index is 0.372. The predicted octanol–water partition coefficient (Wildman–Crippen LogP) is 3.06. The molecule has 0 unspecified atom stereocenters. The number of nitriles is 1. The van der Waals surface area contributed by atoms with Gasteiger partial charge in [0.1, 0.15) is 6.07 Å². The first kappa shape index (κ1) is 14.2. The number of para-hydroxylation sites is 1. The zero-order valence-electron chi connectivity index (χ0n) is 11.1. The Morgan fingerprint density at radius 2 is 2.05 bits per heavy atom. The SMILES string of the molecule is N#Cc1ccccc1NCCCN1CCC(Cl)CC1. The zero-order chi connectivity index (χ0) is 13.5. The smallest absolute Gasteiger partial charge is 0.101 e. The van der Waals surface area contributed by atoms with Gasteiger partial charge in [-0.25, -0.2) is 0 Å². The van der Waals surface area contributed by atoms with Crippen LogP contribution in [0.4, 0.5) is 5.69 Å². The Labute approximate surface area is 120 Å². The van der Waals surface area contributed by atoms with E-state index >= 15 is 0 Å². The van der Waals surface area contributed by atoms with E-state index in [0.29, 0.717) is 10.9 Å². The largest absolute Gasteiger partial charge is 0.384 e. The first-order chi connectivity index (χ1) is 9.29. The summed E-state index contributed by atoms with van der Waals surface area (Å²) in [5.74, 6) is 0. The van der Waals surface area contributed by atoms with E-state index < -0.39 is 0 Å². The highest BCUT2D eigenvalue weighted by molar-refractivity contribution is 6.20. The van der Waals surface area contributed by atoms with Crippen molar-refractivity contribution in [3.8, 4) is 6.07 Å². The fourth-order valence-corrected chi connectivity index (χ4v) is 2.58. The normalized spacial score (nSPS) is 17.1. The second kappa shape index (κ2) is 7.37. The number of hydrogen-bond acceptors (Lipinski definition) is 3. The summed E-state index contributed by atoms with van der Waals surface area (Å²) < 4.78 is 0. The van der Waals surface area contributed by atoms with Crippen LogP contribution in [0.1, 0.15) is 24.8 Å². The van der Waals surface area contributed by atoms with E-state index in [-0.39, 0.29) is 0 Å². The molecule has 0 spiro atoms. The zero-order valence-corrected chi connectivity index (χ0v) is 11.9. The van der Waals surface area contributed by atoms with Crippen molar-refractivity contribution in [1.29, 1.82) is 5.26 Å². The third-order valence-electron chi connectivity index (χ3n) is 3.53. The lowest BCUT2D eigenvalue weighted by Crippen LogP contribution is -2.35. The van der Waals surface area contributed by atoms with Crippen molar-refractivity contribution in [3.05, 3.63) is 29.8 Å². The van der Waals surface area contributed by atoms with Gasteiger partial charge in [0.25, 0.3) is 0 Å². The van der Waals surface area contributed by atoms with Crippen molar-refractivity contribution in [1.82, 2.24) is 4.90 Å². The van der Waals surface area contributed by atoms with Gasteiger partial charge in [-0.3, -0.25) is 0 Å². The number of hydrogen-bond donors (Lipinski definition) is 1. The highest BCUT2D eigenvalue weighted by Crippen LogP contribution is 2.16. The van der Waals surface area contributed by atoms with Crippen LogP contribution >= 0.6 is 11.6 Å². The highest BCUT2D eigenvalue weighted by atomic mass is 35.5. The van der Waals surface area contributed by atoms with Crippen LogP contribution in [-0.4, -0.2) is 36.5 Å². The Hall–Kier alpha value is -1.24. The quantitative estimate of drug-likeness (QED) is 0.664. The van der Waals surface area contributed by atoms with Gasteiger partial charge in [0.15, 0.2) is 0 Å². The Morgan fingerprint density at radius 3 is 2.79 bits per heavy atom. The van der Waals surface area contributed by atoms with Gasteiger partial charge in [0.05, 0.1) is 11.3 Å². The summed E-state index contributed by atoms with van der Waals surface area (Å²) in [6.07, 6.45) is 3.30. The number of nitrogens with one attached hydrogen (secondary N) is 1. The molecule has 1 aromatic carbocycles. The molecule has 1 aliphatic heterocycles. The Balaban J connectivity index is 1.68. The van der Waals surface area contributed by atoms with E-state index in [1.54, 1.807) is 0 Å². The molecule has 0 amide bonds. The highest BCUT2D eigenvalue weighted by Gasteiger charge is 2.16. The summed E-state index contributed by atoms with van der Waals surface area (Å²) in [6.45, 7) is 4.23. The summed E-state index contributed by atoms with van der Waals surface area (Å²) in [6, 6.07) is 9.84. The molecule has 1 N–H and O–H groups in total. The van der Waals surface area contributed by atoms with Crippen LogP contribution in [0, 0.1) is 11.3 Å². The molecule has 1 fully saturated rings. The van der Waals surface area contributed by atoms with Crippen LogP contribution in [0.2, 0.25) is 0 Å². The fraction of sp³-hybridized carbons (Fsp3) is 0.533. The lowest BCUT2D eigenvalue weighted by atomic mass is 10.1. The van der Waals surface area contributed by atoms with Crippen LogP contribution < -0.4 is 5.32 Å². The van der Waals surface area contributed by atoms with E-state index in [1.807, 2.05) is 24.3 Å². The topological polar surface area (TPSA) is 39.1 Å². The number of likely N-dealkylation sites (tertiary alicyclic amines) is 1. The first-order valence-corrected chi connectivity index (χ1v) is 7.32. The molecule has 2 rings (SSSR count). The Kier molecular flexibility index (Phi) is 5.50. The Morgan fingerprint density at radius 1 is 1.32 bits per heavy atom. The summed E-state index contributed by atoms with van der Waals surface area (Å²) >= 11 is 6.09. The summed E-state index contributed by atoms with van der Waals surface area (Å²) in [7, 11) is 0. The minimum Gasteiger partial charge on any atom is -0.384 e. The molecule has 4 heteroatoms. The fourth-order valence-electron chi connectivity index (χ4n) is 2.39. The monoisotopic (exact) mass is 277 g/mol. The minimum absolute atomic E-state index is 0.372. The van der Waals surface area contributed by atoms with Crippen LogP contribution in [0.25, 0.3) is 0 Å². The molecule has 0 bridgehead atoms. The van der Waals surface area contributed by atoms with Crippen molar-refractivity contribution in [2.75, 3.05) is 31.5 Å². The second-order valence-electron chi connectivity index (χ2n) is 4.95. The van der Waals surface area contributed by atoms with Crippen molar-refractivity contribution >= 4 is 17.3 Å². The van der Waals surface area contributed by atoms with Crippen molar-refractivity contribution in [3.63, 3.8) is 0 Å². The van der Waals surface area contributed by atoms with Gasteiger partial charge < -0.3 is 10.2 Å². The van der Waals surface area contributed by atoms with E-state index in [9.17, 15) is 0 Å². The number of anilines is 1. The maximum absolute atomic E-state index is 8.99. The third-order valence-corrected chi connectivity index (χ3v) is 3.97. The number of halogens is 1. The lowest BCUT2D eigenvalue weighted by molar-refractivity contribution is 0.231. The third kappa shape index (κ3) is 4.41. The van der Waals surface area contributed by atoms with Crippen LogP contribution in [0.3, 0.4) is 0 Å². The van der Waals surface area contributed by atoms with Crippen molar-refractivity contribution < 1.29 is 0 Å². The van der Waals surface area contributed by atoms with Gasteiger partial charge >= 0.3 is 0 Å². The second-order valence-corrected chi connectivity index (χ2v) is 5.57. The molecule has 1 aromatic rings. The average molecular weight is 278 g/mol. The number of rotatable bonds is 5. The van der Waals surface area contributed by atoms with Gasteiger partial charge in [-0.05, 0) is 51.0 Å². The maximum atomic E-state index is 8.99. The number of benzene rings is 1. The predicted molar refractivity (Wildman–Crippen MR) is 79.6 cm³/mol. The average Bonchev–Trinajstić information content (AvgIpc) is 2.46. The maximum Gasteiger partial charge on any atom is 0.101 e. The number of alkyl halides is 1. The molecule has 102 valence electrons. The Bertz CT molecular complexity index is 433. The molecule has 0 radical (unpaired) electrons. The molecule has 1 aliphatic rings. The molecular weight excluding hydrogens is 258 g/mol. The standard InChI is InChI=1S/C15H20ClN3/c16-14-6-10-19(11-7-14)9-3-8-18-15-5-2-1-4-13(15)12-17/h1-2,4-5,14,18H,3,6-11H2. The lowest BCUT2D eigenvalue weighted by Gasteiger charge is -2.29. The molecule has 1 heterocycles.